The highest BCUT2D eigenvalue weighted by Crippen LogP contribution is 2.29. The van der Waals surface area contributed by atoms with E-state index in [-0.39, 0.29) is 6.61 Å². The van der Waals surface area contributed by atoms with Crippen LogP contribution in [-0.2, 0) is 14.3 Å². The van der Waals surface area contributed by atoms with Crippen molar-refractivity contribution in [1.29, 1.82) is 0 Å². The molecule has 0 fully saturated rings. The van der Waals surface area contributed by atoms with Crippen LogP contribution in [0.3, 0.4) is 0 Å². The van der Waals surface area contributed by atoms with E-state index < -0.39 is 18.0 Å². The number of hydrogen-bond donors (Lipinski definition) is 1. The maximum Gasteiger partial charge on any atom is 0.345 e. The van der Waals surface area contributed by atoms with Crippen LogP contribution in [0.25, 0.3) is 11.1 Å². The van der Waals surface area contributed by atoms with E-state index in [1.807, 2.05) is 48.5 Å². The smallest absolute Gasteiger partial charge is 0.345 e. The standard InChI is InChI=1S/C22H19NO4/c23-22(25)21(17-11-5-2-6-12-17)27-20(24)15-26-19-14-8-7-13-18(19)16-9-3-1-4-10-16/h1-14,21H,15H2,(H2,23,25). The van der Waals surface area contributed by atoms with Gasteiger partial charge in [-0.25, -0.2) is 4.79 Å². The molecule has 0 aromatic heterocycles. The molecule has 0 heterocycles. The van der Waals surface area contributed by atoms with Gasteiger partial charge >= 0.3 is 5.97 Å². The van der Waals surface area contributed by atoms with Crippen LogP contribution in [0.2, 0.25) is 0 Å². The molecule has 1 atom stereocenters. The number of carbonyl (C=O) groups excluding carboxylic acids is 2. The molecule has 3 rings (SSSR count). The fraction of sp³-hybridized carbons (Fsp3) is 0.0909. The van der Waals surface area contributed by atoms with Crippen LogP contribution in [0, 0.1) is 0 Å². The molecule has 0 aliphatic heterocycles. The maximum absolute atomic E-state index is 12.2. The van der Waals surface area contributed by atoms with Crippen molar-refractivity contribution >= 4 is 11.9 Å². The van der Waals surface area contributed by atoms with E-state index in [1.54, 1.807) is 36.4 Å². The first-order chi connectivity index (χ1) is 13.1. The van der Waals surface area contributed by atoms with Gasteiger partial charge in [-0.15, -0.1) is 0 Å². The van der Waals surface area contributed by atoms with Gasteiger partial charge in [-0.2, -0.15) is 0 Å². The lowest BCUT2D eigenvalue weighted by molar-refractivity contribution is -0.157. The van der Waals surface area contributed by atoms with Gasteiger partial charge < -0.3 is 15.2 Å². The molecule has 0 aliphatic carbocycles. The van der Waals surface area contributed by atoms with E-state index in [0.29, 0.717) is 11.3 Å². The van der Waals surface area contributed by atoms with E-state index in [0.717, 1.165) is 11.1 Å². The zero-order valence-electron chi connectivity index (χ0n) is 14.6. The second-order valence-corrected chi connectivity index (χ2v) is 5.83. The topological polar surface area (TPSA) is 78.6 Å². The Bertz CT molecular complexity index is 910. The molecule has 5 heteroatoms. The van der Waals surface area contributed by atoms with Gasteiger partial charge in [0.2, 0.25) is 6.10 Å². The molecule has 0 radical (unpaired) electrons. The number of rotatable bonds is 7. The summed E-state index contributed by atoms with van der Waals surface area (Å²) in [4.78, 5) is 23.9. The van der Waals surface area contributed by atoms with E-state index in [1.165, 1.54) is 0 Å². The summed E-state index contributed by atoms with van der Waals surface area (Å²) in [5, 5.41) is 0. The van der Waals surface area contributed by atoms with Gasteiger partial charge in [0.15, 0.2) is 6.61 Å². The zero-order valence-corrected chi connectivity index (χ0v) is 14.6. The Morgan fingerprint density at radius 1 is 0.815 bits per heavy atom. The van der Waals surface area contributed by atoms with Crippen LogP contribution in [0.4, 0.5) is 0 Å². The summed E-state index contributed by atoms with van der Waals surface area (Å²) >= 11 is 0. The lowest BCUT2D eigenvalue weighted by Crippen LogP contribution is -2.28. The third-order valence-electron chi connectivity index (χ3n) is 3.93. The van der Waals surface area contributed by atoms with Crippen LogP contribution in [0.5, 0.6) is 5.75 Å². The summed E-state index contributed by atoms with van der Waals surface area (Å²) < 4.78 is 10.9. The Labute approximate surface area is 157 Å². The van der Waals surface area contributed by atoms with Crippen molar-refractivity contribution in [2.24, 2.45) is 5.73 Å². The summed E-state index contributed by atoms with van der Waals surface area (Å²) in [6, 6.07) is 25.7. The normalized spacial score (nSPS) is 11.4. The quantitative estimate of drug-likeness (QED) is 0.653. The van der Waals surface area contributed by atoms with Crippen molar-refractivity contribution in [3.8, 4) is 16.9 Å². The average Bonchev–Trinajstić information content (AvgIpc) is 2.72. The molecule has 136 valence electrons. The number of ether oxygens (including phenoxy) is 2. The molecule has 0 saturated carbocycles. The zero-order chi connectivity index (χ0) is 19.1. The maximum atomic E-state index is 12.2. The van der Waals surface area contributed by atoms with Crippen molar-refractivity contribution in [2.75, 3.05) is 6.61 Å². The minimum absolute atomic E-state index is 0.333. The SMILES string of the molecule is NC(=O)C(OC(=O)COc1ccccc1-c1ccccc1)c1ccccc1. The van der Waals surface area contributed by atoms with Gasteiger partial charge in [0.1, 0.15) is 5.75 Å². The fourth-order valence-electron chi connectivity index (χ4n) is 2.67. The molecule has 2 N–H and O–H groups in total. The largest absolute Gasteiger partial charge is 0.481 e. The summed E-state index contributed by atoms with van der Waals surface area (Å²) in [6.45, 7) is -0.333. The molecule has 1 amide bonds. The number of esters is 1. The highest BCUT2D eigenvalue weighted by atomic mass is 16.6. The molecule has 1 unspecified atom stereocenters. The van der Waals surface area contributed by atoms with Crippen molar-refractivity contribution in [2.45, 2.75) is 6.10 Å². The van der Waals surface area contributed by atoms with E-state index in [4.69, 9.17) is 15.2 Å². The highest BCUT2D eigenvalue weighted by molar-refractivity contribution is 5.84. The van der Waals surface area contributed by atoms with Gasteiger partial charge in [0.05, 0.1) is 0 Å². The molecule has 27 heavy (non-hydrogen) atoms. The Morgan fingerprint density at radius 2 is 1.41 bits per heavy atom. The second-order valence-electron chi connectivity index (χ2n) is 5.83. The molecule has 0 saturated heterocycles. The summed E-state index contributed by atoms with van der Waals surface area (Å²) in [5.41, 5.74) is 7.72. The molecule has 0 bridgehead atoms. The van der Waals surface area contributed by atoms with Crippen molar-refractivity contribution in [3.63, 3.8) is 0 Å². The lowest BCUT2D eigenvalue weighted by Gasteiger charge is -2.16. The van der Waals surface area contributed by atoms with Crippen LogP contribution < -0.4 is 10.5 Å². The Hall–Kier alpha value is -3.60. The molecule has 0 aliphatic rings. The number of amides is 1. The lowest BCUT2D eigenvalue weighted by atomic mass is 10.1. The fourth-order valence-corrected chi connectivity index (χ4v) is 2.67. The number of carbonyl (C=O) groups is 2. The van der Waals surface area contributed by atoms with Crippen LogP contribution >= 0.6 is 0 Å². The molecule has 3 aromatic rings. The third kappa shape index (κ3) is 4.73. The number of nitrogens with two attached hydrogens (primary N) is 1. The average molecular weight is 361 g/mol. The number of benzene rings is 3. The van der Waals surface area contributed by atoms with Crippen LogP contribution in [0.1, 0.15) is 11.7 Å². The molecule has 3 aromatic carbocycles. The minimum Gasteiger partial charge on any atom is -0.481 e. The Morgan fingerprint density at radius 3 is 2.07 bits per heavy atom. The summed E-state index contributed by atoms with van der Waals surface area (Å²) in [5.74, 6) is -0.860. The van der Waals surface area contributed by atoms with Gasteiger partial charge in [-0.3, -0.25) is 4.79 Å². The van der Waals surface area contributed by atoms with Gasteiger partial charge in [0.25, 0.3) is 5.91 Å². The van der Waals surface area contributed by atoms with Crippen molar-refractivity contribution in [3.05, 3.63) is 90.5 Å². The monoisotopic (exact) mass is 361 g/mol. The van der Waals surface area contributed by atoms with E-state index >= 15 is 0 Å². The third-order valence-corrected chi connectivity index (χ3v) is 3.93. The first-order valence-electron chi connectivity index (χ1n) is 8.46. The van der Waals surface area contributed by atoms with Gasteiger partial charge in [-0.05, 0) is 11.6 Å². The predicted molar refractivity (Wildman–Crippen MR) is 102 cm³/mol. The summed E-state index contributed by atoms with van der Waals surface area (Å²) in [7, 11) is 0. The molecule has 0 spiro atoms. The number of para-hydroxylation sites is 1. The van der Waals surface area contributed by atoms with Gasteiger partial charge in [-0.1, -0.05) is 78.9 Å². The van der Waals surface area contributed by atoms with Crippen molar-refractivity contribution in [1.82, 2.24) is 0 Å². The Balaban J connectivity index is 1.69. The second kappa shape index (κ2) is 8.67. The first-order valence-corrected chi connectivity index (χ1v) is 8.46. The molecular weight excluding hydrogens is 342 g/mol. The van der Waals surface area contributed by atoms with Gasteiger partial charge in [0, 0.05) is 11.1 Å². The minimum atomic E-state index is -1.15. The molecular formula is C22H19NO4. The van der Waals surface area contributed by atoms with E-state index in [2.05, 4.69) is 0 Å². The number of primary amides is 1. The molecule has 5 nitrogen and oxygen atoms in total. The first kappa shape index (κ1) is 18.2. The predicted octanol–water partition coefficient (Wildman–Crippen LogP) is 3.50. The highest BCUT2D eigenvalue weighted by Gasteiger charge is 2.22. The Kier molecular flexibility index (Phi) is 5.84. The van der Waals surface area contributed by atoms with E-state index in [9.17, 15) is 9.59 Å². The van der Waals surface area contributed by atoms with Crippen LogP contribution in [-0.4, -0.2) is 18.5 Å². The summed E-state index contributed by atoms with van der Waals surface area (Å²) in [6.07, 6.45) is -1.15. The van der Waals surface area contributed by atoms with Crippen molar-refractivity contribution < 1.29 is 19.1 Å². The van der Waals surface area contributed by atoms with Crippen LogP contribution in [0.15, 0.2) is 84.9 Å². The number of hydrogen-bond acceptors (Lipinski definition) is 4.